The van der Waals surface area contributed by atoms with E-state index in [1.54, 1.807) is 11.9 Å². The number of carbonyl (C=O) groups is 2. The standard InChI is InChI=1S/C20H32N4O3/c1-16-5-7-17(8-6-16)22-19(26)14-23(4)13-18(25)21-15-20(2,3)24-9-11-27-12-10-24/h5-8H,9-15H2,1-4H3,(H,21,25)(H,22,26). The number of rotatable bonds is 8. The van der Waals surface area contributed by atoms with Gasteiger partial charge in [-0.2, -0.15) is 0 Å². The molecule has 0 unspecified atom stereocenters. The van der Waals surface area contributed by atoms with Crippen molar-refractivity contribution in [2.45, 2.75) is 26.3 Å². The number of carbonyl (C=O) groups excluding carboxylic acids is 2. The highest BCUT2D eigenvalue weighted by Crippen LogP contribution is 2.15. The van der Waals surface area contributed by atoms with Gasteiger partial charge in [-0.25, -0.2) is 0 Å². The first-order chi connectivity index (χ1) is 12.8. The summed E-state index contributed by atoms with van der Waals surface area (Å²) in [6.45, 7) is 10.4. The summed E-state index contributed by atoms with van der Waals surface area (Å²) >= 11 is 0. The minimum Gasteiger partial charge on any atom is -0.379 e. The zero-order valence-corrected chi connectivity index (χ0v) is 16.9. The Kier molecular flexibility index (Phi) is 7.77. The maximum atomic E-state index is 12.2. The zero-order chi connectivity index (χ0) is 19.9. The van der Waals surface area contributed by atoms with E-state index in [-0.39, 0.29) is 30.4 Å². The van der Waals surface area contributed by atoms with Gasteiger partial charge < -0.3 is 15.4 Å². The molecule has 7 nitrogen and oxygen atoms in total. The first kappa shape index (κ1) is 21.3. The van der Waals surface area contributed by atoms with Crippen LogP contribution in [-0.4, -0.2) is 80.1 Å². The molecule has 0 spiro atoms. The van der Waals surface area contributed by atoms with E-state index in [0.29, 0.717) is 6.54 Å². The van der Waals surface area contributed by atoms with Crippen molar-refractivity contribution in [1.82, 2.24) is 15.1 Å². The summed E-state index contributed by atoms with van der Waals surface area (Å²) in [6.07, 6.45) is 0. The molecule has 27 heavy (non-hydrogen) atoms. The van der Waals surface area contributed by atoms with E-state index in [9.17, 15) is 9.59 Å². The first-order valence-electron chi connectivity index (χ1n) is 9.41. The molecule has 7 heteroatoms. The number of ether oxygens (including phenoxy) is 1. The average Bonchev–Trinajstić information content (AvgIpc) is 2.62. The van der Waals surface area contributed by atoms with Crippen molar-refractivity contribution in [3.63, 3.8) is 0 Å². The normalized spacial score (nSPS) is 15.6. The molecule has 1 aliphatic heterocycles. The van der Waals surface area contributed by atoms with Crippen molar-refractivity contribution in [2.24, 2.45) is 0 Å². The monoisotopic (exact) mass is 376 g/mol. The number of anilines is 1. The minimum atomic E-state index is -0.136. The molecule has 1 aromatic carbocycles. The molecule has 1 heterocycles. The molecule has 2 N–H and O–H groups in total. The van der Waals surface area contributed by atoms with E-state index < -0.39 is 0 Å². The van der Waals surface area contributed by atoms with E-state index >= 15 is 0 Å². The second kappa shape index (κ2) is 9.82. The lowest BCUT2D eigenvalue weighted by Gasteiger charge is -2.40. The van der Waals surface area contributed by atoms with Crippen molar-refractivity contribution in [3.8, 4) is 0 Å². The summed E-state index contributed by atoms with van der Waals surface area (Å²) in [7, 11) is 1.77. The predicted octanol–water partition coefficient (Wildman–Crippen LogP) is 1.09. The van der Waals surface area contributed by atoms with Crippen molar-refractivity contribution < 1.29 is 14.3 Å². The van der Waals surface area contributed by atoms with Crippen LogP contribution in [0, 0.1) is 6.92 Å². The van der Waals surface area contributed by atoms with Crippen LogP contribution in [0.5, 0.6) is 0 Å². The fraction of sp³-hybridized carbons (Fsp3) is 0.600. The van der Waals surface area contributed by atoms with Crippen LogP contribution < -0.4 is 10.6 Å². The average molecular weight is 377 g/mol. The van der Waals surface area contributed by atoms with Crippen LogP contribution in [0.15, 0.2) is 24.3 Å². The van der Waals surface area contributed by atoms with Gasteiger partial charge in [-0.1, -0.05) is 17.7 Å². The fourth-order valence-corrected chi connectivity index (χ4v) is 3.03. The number of aryl methyl sites for hydroxylation is 1. The molecule has 0 saturated carbocycles. The Balaban J connectivity index is 1.71. The lowest BCUT2D eigenvalue weighted by molar-refractivity contribution is -0.123. The zero-order valence-electron chi connectivity index (χ0n) is 16.9. The first-order valence-corrected chi connectivity index (χ1v) is 9.41. The molecule has 1 fully saturated rings. The maximum Gasteiger partial charge on any atom is 0.238 e. The van der Waals surface area contributed by atoms with Gasteiger partial charge in [0.05, 0.1) is 26.3 Å². The number of amides is 2. The minimum absolute atomic E-state index is 0.0815. The highest BCUT2D eigenvalue weighted by molar-refractivity contribution is 5.92. The van der Waals surface area contributed by atoms with Gasteiger partial charge in [-0.3, -0.25) is 19.4 Å². The summed E-state index contributed by atoms with van der Waals surface area (Å²) in [5.74, 6) is -0.218. The van der Waals surface area contributed by atoms with Crippen LogP contribution in [0.2, 0.25) is 0 Å². The Morgan fingerprint density at radius 3 is 2.33 bits per heavy atom. The second-order valence-electron chi connectivity index (χ2n) is 7.78. The summed E-state index contributed by atoms with van der Waals surface area (Å²) in [6, 6.07) is 7.63. The number of likely N-dealkylation sites (N-methyl/N-ethyl adjacent to an activating group) is 1. The molecule has 0 aromatic heterocycles. The Morgan fingerprint density at radius 2 is 1.70 bits per heavy atom. The SMILES string of the molecule is Cc1ccc(NC(=O)CN(C)CC(=O)NCC(C)(C)N2CCOCC2)cc1. The van der Waals surface area contributed by atoms with Gasteiger partial charge in [-0.05, 0) is 40.0 Å². The molecule has 0 aliphatic carbocycles. The smallest absolute Gasteiger partial charge is 0.238 e. The van der Waals surface area contributed by atoms with E-state index in [1.165, 1.54) is 0 Å². The summed E-state index contributed by atoms with van der Waals surface area (Å²) in [5.41, 5.74) is 1.78. The van der Waals surface area contributed by atoms with Crippen LogP contribution in [-0.2, 0) is 14.3 Å². The Bertz CT molecular complexity index is 625. The fourth-order valence-electron chi connectivity index (χ4n) is 3.03. The third-order valence-corrected chi connectivity index (χ3v) is 4.75. The van der Waals surface area contributed by atoms with Crippen molar-refractivity contribution in [2.75, 3.05) is 58.3 Å². The molecular formula is C20H32N4O3. The summed E-state index contributed by atoms with van der Waals surface area (Å²) in [4.78, 5) is 28.4. The quantitative estimate of drug-likeness (QED) is 0.711. The van der Waals surface area contributed by atoms with E-state index in [4.69, 9.17) is 4.74 Å². The molecule has 1 aliphatic rings. The van der Waals surface area contributed by atoms with Gasteiger partial charge >= 0.3 is 0 Å². The molecule has 0 atom stereocenters. The van der Waals surface area contributed by atoms with Crippen molar-refractivity contribution >= 4 is 17.5 Å². The van der Waals surface area contributed by atoms with Gasteiger partial charge in [0.1, 0.15) is 0 Å². The van der Waals surface area contributed by atoms with Crippen LogP contribution in [0.1, 0.15) is 19.4 Å². The predicted molar refractivity (Wildman–Crippen MR) is 107 cm³/mol. The number of hydrogen-bond donors (Lipinski definition) is 2. The van der Waals surface area contributed by atoms with Gasteiger partial charge in [-0.15, -0.1) is 0 Å². The number of benzene rings is 1. The number of nitrogens with one attached hydrogen (secondary N) is 2. The second-order valence-corrected chi connectivity index (χ2v) is 7.78. The molecule has 0 bridgehead atoms. The van der Waals surface area contributed by atoms with Crippen LogP contribution in [0.25, 0.3) is 0 Å². The van der Waals surface area contributed by atoms with E-state index in [2.05, 4.69) is 29.4 Å². The Hall–Kier alpha value is -1.96. The third kappa shape index (κ3) is 7.28. The van der Waals surface area contributed by atoms with Crippen LogP contribution in [0.3, 0.4) is 0 Å². The van der Waals surface area contributed by atoms with E-state index in [0.717, 1.165) is 37.6 Å². The van der Waals surface area contributed by atoms with Crippen LogP contribution in [0.4, 0.5) is 5.69 Å². The Morgan fingerprint density at radius 1 is 1.11 bits per heavy atom. The molecular weight excluding hydrogens is 344 g/mol. The molecule has 1 saturated heterocycles. The molecule has 150 valence electrons. The van der Waals surface area contributed by atoms with Crippen molar-refractivity contribution in [1.29, 1.82) is 0 Å². The maximum absolute atomic E-state index is 12.2. The summed E-state index contributed by atoms with van der Waals surface area (Å²) in [5, 5.41) is 5.83. The number of nitrogens with zero attached hydrogens (tertiary/aromatic N) is 2. The van der Waals surface area contributed by atoms with E-state index in [1.807, 2.05) is 31.2 Å². The Labute approximate surface area is 162 Å². The highest BCUT2D eigenvalue weighted by atomic mass is 16.5. The molecule has 2 amide bonds. The molecule has 2 rings (SSSR count). The van der Waals surface area contributed by atoms with Crippen molar-refractivity contribution in [3.05, 3.63) is 29.8 Å². The van der Waals surface area contributed by atoms with Gasteiger partial charge in [0.25, 0.3) is 0 Å². The van der Waals surface area contributed by atoms with Gasteiger partial charge in [0.15, 0.2) is 0 Å². The van der Waals surface area contributed by atoms with Crippen LogP contribution >= 0.6 is 0 Å². The largest absolute Gasteiger partial charge is 0.379 e. The lowest BCUT2D eigenvalue weighted by Crippen LogP contribution is -2.56. The van der Waals surface area contributed by atoms with Gasteiger partial charge in [0, 0.05) is 30.9 Å². The molecule has 1 aromatic rings. The number of hydrogen-bond acceptors (Lipinski definition) is 5. The topological polar surface area (TPSA) is 73.9 Å². The van der Waals surface area contributed by atoms with Gasteiger partial charge in [0.2, 0.25) is 11.8 Å². The third-order valence-electron chi connectivity index (χ3n) is 4.75. The highest BCUT2D eigenvalue weighted by Gasteiger charge is 2.28. The number of morpholine rings is 1. The summed E-state index contributed by atoms with van der Waals surface area (Å²) < 4.78 is 5.38. The molecule has 0 radical (unpaired) electrons. The lowest BCUT2D eigenvalue weighted by atomic mass is 10.0.